The van der Waals surface area contributed by atoms with E-state index in [1.165, 1.54) is 0 Å². The third kappa shape index (κ3) is 1.20. The zero-order chi connectivity index (χ0) is 7.78. The summed E-state index contributed by atoms with van der Waals surface area (Å²) >= 11 is 0. The maximum atomic E-state index is 10.2. The highest BCUT2D eigenvalue weighted by Crippen LogP contribution is 2.28. The molecule has 1 rings (SSSR count). The lowest BCUT2D eigenvalue weighted by Crippen LogP contribution is -2.31. The third-order valence-corrected chi connectivity index (χ3v) is 1.86. The van der Waals surface area contributed by atoms with Crippen molar-refractivity contribution in [2.75, 3.05) is 0 Å². The summed E-state index contributed by atoms with van der Waals surface area (Å²) in [6.45, 7) is 3.56. The molecule has 3 nitrogen and oxygen atoms in total. The van der Waals surface area contributed by atoms with E-state index in [1.54, 1.807) is 13.8 Å². The summed E-state index contributed by atoms with van der Waals surface area (Å²) < 4.78 is 5.19. The van der Waals surface area contributed by atoms with Gasteiger partial charge in [-0.05, 0) is 13.8 Å². The first-order valence-corrected chi connectivity index (χ1v) is 3.37. The van der Waals surface area contributed by atoms with Crippen molar-refractivity contribution in [3.63, 3.8) is 0 Å². The van der Waals surface area contributed by atoms with Crippen LogP contribution in [-0.4, -0.2) is 29.2 Å². The van der Waals surface area contributed by atoms with Crippen molar-refractivity contribution < 1.29 is 14.6 Å². The zero-order valence-electron chi connectivity index (χ0n) is 6.20. The van der Waals surface area contributed by atoms with Crippen molar-refractivity contribution in [3.8, 4) is 0 Å². The second-order valence-electron chi connectivity index (χ2n) is 3.15. The van der Waals surface area contributed by atoms with E-state index in [0.29, 0.717) is 6.42 Å². The van der Waals surface area contributed by atoms with E-state index < -0.39 is 17.8 Å². The molecule has 0 spiro atoms. The molecule has 0 amide bonds. The first kappa shape index (κ1) is 7.69. The highest BCUT2D eigenvalue weighted by atomic mass is 16.5. The van der Waals surface area contributed by atoms with Crippen LogP contribution in [0.4, 0.5) is 0 Å². The Labute approximate surface area is 60.0 Å². The number of aldehydes is 1. The third-order valence-electron chi connectivity index (χ3n) is 1.86. The van der Waals surface area contributed by atoms with Crippen molar-refractivity contribution in [1.82, 2.24) is 0 Å². The van der Waals surface area contributed by atoms with E-state index in [1.807, 2.05) is 0 Å². The van der Waals surface area contributed by atoms with Gasteiger partial charge in [0.1, 0.15) is 12.4 Å². The summed E-state index contributed by atoms with van der Waals surface area (Å²) in [6.07, 6.45) is 0.238. The highest BCUT2D eigenvalue weighted by molar-refractivity contribution is 5.56. The van der Waals surface area contributed by atoms with Gasteiger partial charge in [-0.25, -0.2) is 0 Å². The van der Waals surface area contributed by atoms with Crippen LogP contribution in [0.3, 0.4) is 0 Å². The zero-order valence-corrected chi connectivity index (χ0v) is 6.20. The summed E-state index contributed by atoms with van der Waals surface area (Å²) in [5.41, 5.74) is -0.550. The van der Waals surface area contributed by atoms with Gasteiger partial charge in [0, 0.05) is 6.42 Å². The molecule has 2 unspecified atom stereocenters. The topological polar surface area (TPSA) is 46.5 Å². The van der Waals surface area contributed by atoms with E-state index in [2.05, 4.69) is 0 Å². The molecule has 1 aliphatic heterocycles. The highest BCUT2D eigenvalue weighted by Gasteiger charge is 2.40. The van der Waals surface area contributed by atoms with Gasteiger partial charge in [0.25, 0.3) is 0 Å². The minimum absolute atomic E-state index is 0.412. The first-order valence-electron chi connectivity index (χ1n) is 3.37. The Kier molecular flexibility index (Phi) is 1.79. The van der Waals surface area contributed by atoms with E-state index in [0.717, 1.165) is 6.29 Å². The molecular weight excluding hydrogens is 132 g/mol. The predicted molar refractivity (Wildman–Crippen MR) is 35.6 cm³/mol. The Hall–Kier alpha value is -0.410. The Morgan fingerprint density at radius 3 is 2.50 bits per heavy atom. The molecule has 0 aromatic carbocycles. The minimum Gasteiger partial charge on any atom is -0.390 e. The van der Waals surface area contributed by atoms with E-state index in [4.69, 9.17) is 4.74 Å². The monoisotopic (exact) mass is 144 g/mol. The van der Waals surface area contributed by atoms with Crippen LogP contribution in [-0.2, 0) is 9.53 Å². The number of aliphatic hydroxyl groups excluding tert-OH is 1. The van der Waals surface area contributed by atoms with Gasteiger partial charge in [-0.1, -0.05) is 0 Å². The van der Waals surface area contributed by atoms with E-state index in [-0.39, 0.29) is 0 Å². The molecule has 1 fully saturated rings. The molecule has 0 radical (unpaired) electrons. The molecule has 1 heterocycles. The second-order valence-corrected chi connectivity index (χ2v) is 3.15. The standard InChI is InChI=1S/C7H12O3/c1-7(2)6(9)3-5(4-8)10-7/h4-6,9H,3H2,1-2H3. The van der Waals surface area contributed by atoms with Crippen LogP contribution >= 0.6 is 0 Å². The number of carbonyl (C=O) groups is 1. The van der Waals surface area contributed by atoms with Crippen LogP contribution in [0.1, 0.15) is 20.3 Å². The second kappa shape index (κ2) is 2.32. The van der Waals surface area contributed by atoms with Gasteiger partial charge in [-0.2, -0.15) is 0 Å². The average Bonchev–Trinajstić information content (AvgIpc) is 2.08. The van der Waals surface area contributed by atoms with Crippen LogP contribution in [0, 0.1) is 0 Å². The van der Waals surface area contributed by atoms with Crippen LogP contribution in [0.15, 0.2) is 0 Å². The van der Waals surface area contributed by atoms with Crippen molar-refractivity contribution in [1.29, 1.82) is 0 Å². The molecule has 1 aliphatic rings. The summed E-state index contributed by atoms with van der Waals surface area (Å²) in [7, 11) is 0. The van der Waals surface area contributed by atoms with Gasteiger partial charge < -0.3 is 14.6 Å². The quantitative estimate of drug-likeness (QED) is 0.531. The van der Waals surface area contributed by atoms with Crippen molar-refractivity contribution >= 4 is 6.29 Å². The predicted octanol–water partition coefficient (Wildman–Crippen LogP) is 0.114. The van der Waals surface area contributed by atoms with Crippen LogP contribution < -0.4 is 0 Å². The molecule has 0 aromatic rings. The van der Waals surface area contributed by atoms with Crippen molar-refractivity contribution in [3.05, 3.63) is 0 Å². The molecule has 0 saturated carbocycles. The van der Waals surface area contributed by atoms with Crippen LogP contribution in [0.25, 0.3) is 0 Å². The Balaban J connectivity index is 2.61. The fraction of sp³-hybridized carbons (Fsp3) is 0.857. The molecule has 0 aliphatic carbocycles. The van der Waals surface area contributed by atoms with Gasteiger partial charge in [0.15, 0.2) is 0 Å². The molecule has 2 atom stereocenters. The number of hydrogen-bond acceptors (Lipinski definition) is 3. The fourth-order valence-corrected chi connectivity index (χ4v) is 1.10. The smallest absolute Gasteiger partial charge is 0.148 e. The average molecular weight is 144 g/mol. The maximum Gasteiger partial charge on any atom is 0.148 e. The molecule has 58 valence electrons. The molecular formula is C7H12O3. The molecule has 1 saturated heterocycles. The summed E-state index contributed by atoms with van der Waals surface area (Å²) in [4.78, 5) is 10.2. The lowest BCUT2D eigenvalue weighted by molar-refractivity contribution is -0.122. The summed E-state index contributed by atoms with van der Waals surface area (Å²) in [5.74, 6) is 0. The maximum absolute atomic E-state index is 10.2. The minimum atomic E-state index is -0.550. The molecule has 0 aromatic heterocycles. The lowest BCUT2D eigenvalue weighted by Gasteiger charge is -2.20. The number of carbonyl (C=O) groups excluding carboxylic acids is 1. The van der Waals surface area contributed by atoms with Gasteiger partial charge in [-0.3, -0.25) is 0 Å². The SMILES string of the molecule is CC1(C)OC(C=O)CC1O. The fourth-order valence-electron chi connectivity index (χ4n) is 1.10. The van der Waals surface area contributed by atoms with Gasteiger partial charge in [-0.15, -0.1) is 0 Å². The van der Waals surface area contributed by atoms with Gasteiger partial charge in [0.2, 0.25) is 0 Å². The van der Waals surface area contributed by atoms with Gasteiger partial charge >= 0.3 is 0 Å². The Morgan fingerprint density at radius 1 is 1.70 bits per heavy atom. The Morgan fingerprint density at radius 2 is 2.30 bits per heavy atom. The van der Waals surface area contributed by atoms with E-state index in [9.17, 15) is 9.90 Å². The molecule has 1 N–H and O–H groups in total. The summed E-state index contributed by atoms with van der Waals surface area (Å²) in [6, 6.07) is 0. The number of hydrogen-bond donors (Lipinski definition) is 1. The lowest BCUT2D eigenvalue weighted by atomic mass is 10.0. The largest absolute Gasteiger partial charge is 0.390 e. The van der Waals surface area contributed by atoms with Gasteiger partial charge in [0.05, 0.1) is 11.7 Å². The van der Waals surface area contributed by atoms with Crippen molar-refractivity contribution in [2.24, 2.45) is 0 Å². The number of aliphatic hydroxyl groups is 1. The van der Waals surface area contributed by atoms with Crippen LogP contribution in [0.5, 0.6) is 0 Å². The molecule has 10 heavy (non-hydrogen) atoms. The van der Waals surface area contributed by atoms with Crippen LogP contribution in [0.2, 0.25) is 0 Å². The Bertz CT molecular complexity index is 142. The van der Waals surface area contributed by atoms with Crippen molar-refractivity contribution in [2.45, 2.75) is 38.1 Å². The number of ether oxygens (including phenoxy) is 1. The first-order chi connectivity index (χ1) is 4.56. The van der Waals surface area contributed by atoms with E-state index >= 15 is 0 Å². The summed E-state index contributed by atoms with van der Waals surface area (Å²) in [5, 5.41) is 9.27. The molecule has 3 heteroatoms. The normalized spacial score (nSPS) is 37.9. The number of rotatable bonds is 1. The molecule has 0 bridgehead atoms.